The van der Waals surface area contributed by atoms with Crippen molar-refractivity contribution < 1.29 is 40.7 Å². The van der Waals surface area contributed by atoms with Crippen LogP contribution in [0.2, 0.25) is 0 Å². The summed E-state index contributed by atoms with van der Waals surface area (Å²) in [5, 5.41) is 11.0. The van der Waals surface area contributed by atoms with Crippen LogP contribution in [0.3, 0.4) is 0 Å². The Morgan fingerprint density at radius 3 is 2.49 bits per heavy atom. The van der Waals surface area contributed by atoms with E-state index in [1.54, 1.807) is 50.0 Å². The molecule has 0 bridgehead atoms. The molecule has 15 heteroatoms. The van der Waals surface area contributed by atoms with E-state index in [4.69, 9.17) is 18.7 Å². The molecule has 0 fully saturated rings. The third-order valence-corrected chi connectivity index (χ3v) is 7.01. The molecule has 220 valence electrons. The number of fused-ring (bicyclic) bond motifs is 1. The monoisotopic (exact) mass is 593 g/mol. The van der Waals surface area contributed by atoms with E-state index in [-0.39, 0.29) is 41.4 Å². The zero-order valence-electron chi connectivity index (χ0n) is 22.9. The van der Waals surface area contributed by atoms with Crippen LogP contribution in [0.15, 0.2) is 52.1 Å². The maximum atomic E-state index is 13.2. The minimum absolute atomic E-state index is 0.121. The van der Waals surface area contributed by atoms with Gasteiger partial charge in [0.05, 0.1) is 27.0 Å². The van der Waals surface area contributed by atoms with Crippen LogP contribution in [-0.2, 0) is 27.8 Å². The standard InChI is InChI=1S/C26H29F2N5O7S/c1-26(2,3)39-25(34)29-11-16-12-30-33(14-16)13-15-8-19(38-5)22-20(9-15)40-31-24(22)32-41(35,36)21-10-17(23(27)28)6-7-18(21)37-4/h6-10,12,14,23H,11,13H2,1-5H3,(H,29,34)(H,31,32). The van der Waals surface area contributed by atoms with E-state index < -0.39 is 38.6 Å². The van der Waals surface area contributed by atoms with Crippen LogP contribution < -0.4 is 19.5 Å². The number of aromatic nitrogens is 3. The minimum atomic E-state index is -4.42. The highest BCUT2D eigenvalue weighted by atomic mass is 32.2. The first-order valence-electron chi connectivity index (χ1n) is 12.2. The zero-order valence-corrected chi connectivity index (χ0v) is 23.7. The Labute approximate surface area is 234 Å². The Morgan fingerprint density at radius 2 is 1.83 bits per heavy atom. The molecule has 0 atom stereocenters. The number of carbonyl (C=O) groups is 1. The number of halogens is 2. The molecule has 4 rings (SSSR count). The van der Waals surface area contributed by atoms with Crippen LogP contribution in [0.5, 0.6) is 11.5 Å². The number of alkyl halides is 2. The van der Waals surface area contributed by atoms with Crippen molar-refractivity contribution in [3.8, 4) is 11.5 Å². The normalized spacial score (nSPS) is 12.0. The molecule has 0 aliphatic carbocycles. The molecule has 2 N–H and O–H groups in total. The lowest BCUT2D eigenvalue weighted by atomic mass is 10.1. The fourth-order valence-corrected chi connectivity index (χ4v) is 5.10. The topological polar surface area (TPSA) is 147 Å². The summed E-state index contributed by atoms with van der Waals surface area (Å²) in [5.74, 6) is -0.0601. The maximum absolute atomic E-state index is 13.2. The van der Waals surface area contributed by atoms with Gasteiger partial charge in [-0.1, -0.05) is 5.16 Å². The molecule has 0 saturated carbocycles. The van der Waals surface area contributed by atoms with E-state index >= 15 is 0 Å². The van der Waals surface area contributed by atoms with Gasteiger partial charge < -0.3 is 24.1 Å². The van der Waals surface area contributed by atoms with Crippen molar-refractivity contribution in [2.75, 3.05) is 18.9 Å². The molecule has 4 aromatic rings. The lowest BCUT2D eigenvalue weighted by Gasteiger charge is -2.19. The third kappa shape index (κ3) is 7.03. The number of anilines is 1. The van der Waals surface area contributed by atoms with Crippen molar-refractivity contribution in [2.24, 2.45) is 0 Å². The summed E-state index contributed by atoms with van der Waals surface area (Å²) in [6, 6.07) is 6.37. The van der Waals surface area contributed by atoms with Crippen molar-refractivity contribution in [1.29, 1.82) is 0 Å². The number of ether oxygens (including phenoxy) is 3. The minimum Gasteiger partial charge on any atom is -0.496 e. The summed E-state index contributed by atoms with van der Waals surface area (Å²) in [6.45, 7) is 5.82. The second-order valence-corrected chi connectivity index (χ2v) is 11.6. The van der Waals surface area contributed by atoms with Gasteiger partial charge in [0.1, 0.15) is 27.4 Å². The molecular formula is C26H29F2N5O7S. The molecule has 2 aromatic heterocycles. The number of hydrogen-bond acceptors (Lipinski definition) is 9. The Kier molecular flexibility index (Phi) is 8.37. The predicted molar refractivity (Wildman–Crippen MR) is 144 cm³/mol. The van der Waals surface area contributed by atoms with Gasteiger partial charge in [-0.3, -0.25) is 9.40 Å². The maximum Gasteiger partial charge on any atom is 0.407 e. The van der Waals surface area contributed by atoms with Crippen LogP contribution in [0.1, 0.15) is 43.9 Å². The summed E-state index contributed by atoms with van der Waals surface area (Å²) >= 11 is 0. The van der Waals surface area contributed by atoms with Crippen LogP contribution in [0, 0.1) is 0 Å². The highest BCUT2D eigenvalue weighted by Crippen LogP contribution is 2.36. The first kappa shape index (κ1) is 29.6. The number of sulfonamides is 1. The van der Waals surface area contributed by atoms with Crippen LogP contribution >= 0.6 is 0 Å². The molecular weight excluding hydrogens is 564 g/mol. The van der Waals surface area contributed by atoms with Gasteiger partial charge in [-0.05, 0) is 56.7 Å². The number of hydrogen-bond donors (Lipinski definition) is 2. The number of benzene rings is 2. The molecule has 41 heavy (non-hydrogen) atoms. The molecule has 0 saturated heterocycles. The third-order valence-electron chi connectivity index (χ3n) is 5.65. The van der Waals surface area contributed by atoms with E-state index in [9.17, 15) is 22.0 Å². The molecule has 2 aromatic carbocycles. The average Bonchev–Trinajstić information content (AvgIpc) is 3.52. The fraction of sp³-hybridized carbons (Fsp3) is 0.346. The SMILES string of the molecule is COc1ccc(C(F)F)cc1S(=O)(=O)Nc1noc2cc(Cn3cc(CNC(=O)OC(C)(C)C)cn3)cc(OC)c12. The zero-order chi connectivity index (χ0) is 29.9. The largest absolute Gasteiger partial charge is 0.496 e. The lowest BCUT2D eigenvalue weighted by Crippen LogP contribution is -2.32. The molecule has 0 aliphatic heterocycles. The van der Waals surface area contributed by atoms with E-state index in [1.165, 1.54) is 14.2 Å². The Hall–Kier alpha value is -4.40. The molecule has 1 amide bonds. The molecule has 12 nitrogen and oxygen atoms in total. The fourth-order valence-electron chi connectivity index (χ4n) is 3.89. The Balaban J connectivity index is 1.55. The Bertz CT molecular complexity index is 1660. The van der Waals surface area contributed by atoms with Gasteiger partial charge in [-0.15, -0.1) is 0 Å². The number of alkyl carbamates (subject to hydrolysis) is 1. The highest BCUT2D eigenvalue weighted by molar-refractivity contribution is 7.92. The summed E-state index contributed by atoms with van der Waals surface area (Å²) < 4.78 is 77.9. The summed E-state index contributed by atoms with van der Waals surface area (Å²) in [6.07, 6.45) is -0.0774. The smallest absolute Gasteiger partial charge is 0.407 e. The lowest BCUT2D eigenvalue weighted by molar-refractivity contribution is 0.0523. The van der Waals surface area contributed by atoms with E-state index in [0.29, 0.717) is 5.56 Å². The second kappa shape index (κ2) is 11.6. The molecule has 0 spiro atoms. The summed E-state index contributed by atoms with van der Waals surface area (Å²) in [7, 11) is -1.79. The van der Waals surface area contributed by atoms with Gasteiger partial charge in [0.15, 0.2) is 11.4 Å². The van der Waals surface area contributed by atoms with Crippen molar-refractivity contribution in [2.45, 2.75) is 50.8 Å². The Morgan fingerprint density at radius 1 is 1.10 bits per heavy atom. The molecule has 0 radical (unpaired) electrons. The van der Waals surface area contributed by atoms with Crippen molar-refractivity contribution >= 4 is 32.9 Å². The van der Waals surface area contributed by atoms with E-state index in [1.807, 2.05) is 0 Å². The van der Waals surface area contributed by atoms with Crippen molar-refractivity contribution in [3.63, 3.8) is 0 Å². The van der Waals surface area contributed by atoms with Crippen LogP contribution in [-0.4, -0.2) is 49.3 Å². The summed E-state index contributed by atoms with van der Waals surface area (Å²) in [4.78, 5) is 11.4. The highest BCUT2D eigenvalue weighted by Gasteiger charge is 2.26. The quantitative estimate of drug-likeness (QED) is 0.263. The molecule has 0 aliphatic rings. The number of amides is 1. The van der Waals surface area contributed by atoms with Gasteiger partial charge in [0.2, 0.25) is 0 Å². The molecule has 0 unspecified atom stereocenters. The first-order chi connectivity index (χ1) is 19.3. The number of nitrogens with zero attached hydrogens (tertiary/aromatic N) is 3. The van der Waals surface area contributed by atoms with Gasteiger partial charge in [-0.25, -0.2) is 22.0 Å². The van der Waals surface area contributed by atoms with Gasteiger partial charge in [-0.2, -0.15) is 5.10 Å². The predicted octanol–water partition coefficient (Wildman–Crippen LogP) is 4.85. The number of methoxy groups -OCH3 is 2. The van der Waals surface area contributed by atoms with Crippen LogP contribution in [0.4, 0.5) is 19.4 Å². The van der Waals surface area contributed by atoms with E-state index in [0.717, 1.165) is 23.8 Å². The summed E-state index contributed by atoms with van der Waals surface area (Å²) in [5.41, 5.74) is 0.552. The number of carbonyl (C=O) groups excluding carboxylic acids is 1. The average molecular weight is 594 g/mol. The second-order valence-electron chi connectivity index (χ2n) is 9.92. The van der Waals surface area contributed by atoms with E-state index in [2.05, 4.69) is 20.3 Å². The van der Waals surface area contributed by atoms with Gasteiger partial charge in [0.25, 0.3) is 16.4 Å². The van der Waals surface area contributed by atoms with Crippen LogP contribution in [0.25, 0.3) is 11.0 Å². The molecule has 2 heterocycles. The number of nitrogens with one attached hydrogen (secondary N) is 2. The first-order valence-corrected chi connectivity index (χ1v) is 13.7. The van der Waals surface area contributed by atoms with Crippen molar-refractivity contribution in [1.82, 2.24) is 20.3 Å². The van der Waals surface area contributed by atoms with Gasteiger partial charge in [0, 0.05) is 23.9 Å². The van der Waals surface area contributed by atoms with Crippen molar-refractivity contribution in [3.05, 3.63) is 59.4 Å². The van der Waals surface area contributed by atoms with Gasteiger partial charge >= 0.3 is 6.09 Å². The number of rotatable bonds is 10.